The summed E-state index contributed by atoms with van der Waals surface area (Å²) in [6.45, 7) is 4.60. The van der Waals surface area contributed by atoms with E-state index in [1.807, 2.05) is 73.3 Å². The summed E-state index contributed by atoms with van der Waals surface area (Å²) in [5, 5.41) is 9.53. The molecule has 0 amide bonds. The van der Waals surface area contributed by atoms with Crippen molar-refractivity contribution in [2.24, 2.45) is 0 Å². The first-order valence-electron chi connectivity index (χ1n) is 7.98. The Morgan fingerprint density at radius 3 is 2.35 bits per heavy atom. The molecule has 1 N–H and O–H groups in total. The molecule has 0 heterocycles. The third kappa shape index (κ3) is 4.25. The highest BCUT2D eigenvalue weighted by atomic mass is 16.5. The van der Waals surface area contributed by atoms with E-state index < -0.39 is 12.0 Å². The Kier molecular flexibility index (Phi) is 6.03. The summed E-state index contributed by atoms with van der Waals surface area (Å²) in [5.74, 6) is 0.599. The summed E-state index contributed by atoms with van der Waals surface area (Å²) < 4.78 is 5.98. The Morgan fingerprint density at radius 1 is 1.09 bits per heavy atom. The van der Waals surface area contributed by atoms with Crippen LogP contribution >= 0.6 is 0 Å². The highest BCUT2D eigenvalue weighted by molar-refractivity contribution is 5.79. The van der Waals surface area contributed by atoms with E-state index in [0.717, 1.165) is 17.9 Å². The molecule has 0 aliphatic heterocycles. The second kappa shape index (κ2) is 8.22. The molecule has 0 saturated carbocycles. The molecule has 0 radical (unpaired) electrons. The van der Waals surface area contributed by atoms with E-state index in [2.05, 4.69) is 0 Å². The van der Waals surface area contributed by atoms with Gasteiger partial charge in [-0.25, -0.2) is 4.79 Å². The molecule has 23 heavy (non-hydrogen) atoms. The van der Waals surface area contributed by atoms with Crippen LogP contribution < -0.4 is 9.64 Å². The number of hydrogen-bond donors (Lipinski definition) is 1. The lowest BCUT2D eigenvalue weighted by molar-refractivity contribution is -0.138. The average Bonchev–Trinajstić information content (AvgIpc) is 2.56. The van der Waals surface area contributed by atoms with Crippen LogP contribution in [0, 0.1) is 0 Å². The summed E-state index contributed by atoms with van der Waals surface area (Å²) in [7, 11) is 0. The van der Waals surface area contributed by atoms with Crippen molar-refractivity contribution >= 4 is 11.7 Å². The first kappa shape index (κ1) is 16.9. The number of benzene rings is 2. The van der Waals surface area contributed by atoms with Crippen LogP contribution in [0.4, 0.5) is 5.69 Å². The summed E-state index contributed by atoms with van der Waals surface area (Å²) in [6.07, 6.45) is 1.40. The lowest BCUT2D eigenvalue weighted by Gasteiger charge is -2.31. The van der Waals surface area contributed by atoms with Gasteiger partial charge in [0.05, 0.1) is 5.69 Å². The van der Waals surface area contributed by atoms with Crippen LogP contribution in [0.2, 0.25) is 0 Å². The smallest absolute Gasteiger partial charge is 0.326 e. The fourth-order valence-corrected chi connectivity index (χ4v) is 2.61. The molecule has 0 fully saturated rings. The molecule has 4 heteroatoms. The molecule has 2 aromatic carbocycles. The number of ether oxygens (including phenoxy) is 1. The zero-order valence-electron chi connectivity index (χ0n) is 13.6. The fourth-order valence-electron chi connectivity index (χ4n) is 2.61. The number of para-hydroxylation sites is 3. The van der Waals surface area contributed by atoms with Gasteiger partial charge in [0.25, 0.3) is 0 Å². The molecule has 0 saturated heterocycles. The van der Waals surface area contributed by atoms with E-state index in [0.29, 0.717) is 18.7 Å². The van der Waals surface area contributed by atoms with Crippen LogP contribution in [-0.2, 0) is 4.79 Å². The van der Waals surface area contributed by atoms with Crippen molar-refractivity contribution in [3.05, 3.63) is 54.6 Å². The van der Waals surface area contributed by atoms with Gasteiger partial charge < -0.3 is 14.7 Å². The molecule has 0 aliphatic rings. The number of anilines is 1. The molecule has 122 valence electrons. The molecule has 0 bridgehead atoms. The van der Waals surface area contributed by atoms with Crippen LogP contribution in [0.3, 0.4) is 0 Å². The van der Waals surface area contributed by atoms with Crippen molar-refractivity contribution in [1.29, 1.82) is 0 Å². The number of aliphatic carboxylic acids is 1. The van der Waals surface area contributed by atoms with E-state index in [-0.39, 0.29) is 0 Å². The van der Waals surface area contributed by atoms with Gasteiger partial charge in [0.1, 0.15) is 11.8 Å². The van der Waals surface area contributed by atoms with Gasteiger partial charge in [0, 0.05) is 6.54 Å². The minimum absolute atomic E-state index is 0.537. The number of carboxylic acids is 1. The van der Waals surface area contributed by atoms with Crippen LogP contribution in [0.15, 0.2) is 54.6 Å². The van der Waals surface area contributed by atoms with Crippen molar-refractivity contribution < 1.29 is 14.6 Å². The Hall–Kier alpha value is -2.49. The van der Waals surface area contributed by atoms with Crippen LogP contribution in [0.5, 0.6) is 11.5 Å². The van der Waals surface area contributed by atoms with Gasteiger partial charge in [0.2, 0.25) is 0 Å². The maximum absolute atomic E-state index is 11.6. The maximum atomic E-state index is 11.6. The third-order valence-electron chi connectivity index (χ3n) is 3.66. The lowest BCUT2D eigenvalue weighted by Crippen LogP contribution is -2.41. The predicted octanol–water partition coefficient (Wildman–Crippen LogP) is 4.56. The molecule has 0 unspecified atom stereocenters. The fraction of sp³-hybridized carbons (Fsp3) is 0.316. The van der Waals surface area contributed by atoms with E-state index in [4.69, 9.17) is 4.74 Å². The van der Waals surface area contributed by atoms with Crippen LogP contribution in [0.25, 0.3) is 0 Å². The standard InChI is InChI=1S/C19H23NO3/c1-3-14-20(16(4-2)19(21)22)17-12-8-9-13-18(17)23-15-10-6-5-7-11-15/h5-13,16H,3-4,14H2,1-2H3,(H,21,22)/t16-/m0/s1. The first-order valence-corrected chi connectivity index (χ1v) is 7.98. The highest BCUT2D eigenvalue weighted by Gasteiger charge is 2.25. The summed E-state index contributed by atoms with van der Waals surface area (Å²) >= 11 is 0. The molecule has 0 aliphatic carbocycles. The molecular weight excluding hydrogens is 290 g/mol. The van der Waals surface area contributed by atoms with Gasteiger partial charge in [-0.05, 0) is 37.1 Å². The van der Waals surface area contributed by atoms with Crippen LogP contribution in [0.1, 0.15) is 26.7 Å². The topological polar surface area (TPSA) is 49.8 Å². The first-order chi connectivity index (χ1) is 11.2. The van der Waals surface area contributed by atoms with Gasteiger partial charge in [-0.15, -0.1) is 0 Å². The maximum Gasteiger partial charge on any atom is 0.326 e. The van der Waals surface area contributed by atoms with Crippen molar-refractivity contribution in [3.63, 3.8) is 0 Å². The molecule has 0 aromatic heterocycles. The molecule has 2 aromatic rings. The number of carbonyl (C=O) groups is 1. The SMILES string of the molecule is CCCN(c1ccccc1Oc1ccccc1)[C@@H](CC)C(=O)O. The Balaban J connectivity index is 2.37. The largest absolute Gasteiger partial charge is 0.480 e. The quantitative estimate of drug-likeness (QED) is 0.776. The van der Waals surface area contributed by atoms with Gasteiger partial charge in [0.15, 0.2) is 5.75 Å². The minimum Gasteiger partial charge on any atom is -0.480 e. The summed E-state index contributed by atoms with van der Waals surface area (Å²) in [6, 6.07) is 16.6. The summed E-state index contributed by atoms with van der Waals surface area (Å²) in [5.41, 5.74) is 0.812. The van der Waals surface area contributed by atoms with Gasteiger partial charge in [-0.3, -0.25) is 0 Å². The number of hydrogen-bond acceptors (Lipinski definition) is 3. The van der Waals surface area contributed by atoms with Crippen molar-refractivity contribution in [3.8, 4) is 11.5 Å². The minimum atomic E-state index is -0.810. The van der Waals surface area contributed by atoms with E-state index in [1.165, 1.54) is 0 Å². The third-order valence-corrected chi connectivity index (χ3v) is 3.66. The van der Waals surface area contributed by atoms with Crippen LogP contribution in [-0.4, -0.2) is 23.7 Å². The van der Waals surface area contributed by atoms with Crippen molar-refractivity contribution in [2.45, 2.75) is 32.7 Å². The van der Waals surface area contributed by atoms with Gasteiger partial charge >= 0.3 is 5.97 Å². The molecule has 2 rings (SSSR count). The normalized spacial score (nSPS) is 11.7. The zero-order valence-corrected chi connectivity index (χ0v) is 13.6. The van der Waals surface area contributed by atoms with E-state index in [1.54, 1.807) is 0 Å². The molecule has 0 spiro atoms. The summed E-state index contributed by atoms with van der Waals surface area (Å²) in [4.78, 5) is 13.5. The van der Waals surface area contributed by atoms with Gasteiger partial charge in [-0.2, -0.15) is 0 Å². The average molecular weight is 313 g/mol. The predicted molar refractivity (Wildman–Crippen MR) is 92.3 cm³/mol. The van der Waals surface area contributed by atoms with E-state index >= 15 is 0 Å². The molecule has 4 nitrogen and oxygen atoms in total. The highest BCUT2D eigenvalue weighted by Crippen LogP contribution is 2.33. The number of nitrogens with zero attached hydrogens (tertiary/aromatic N) is 1. The molecular formula is C19H23NO3. The number of carboxylic acid groups (broad SMARTS) is 1. The Bertz CT molecular complexity index is 628. The Morgan fingerprint density at radius 2 is 1.74 bits per heavy atom. The lowest BCUT2D eigenvalue weighted by atomic mass is 10.1. The molecule has 1 atom stereocenters. The van der Waals surface area contributed by atoms with Crippen molar-refractivity contribution in [2.75, 3.05) is 11.4 Å². The second-order valence-electron chi connectivity index (χ2n) is 5.34. The second-order valence-corrected chi connectivity index (χ2v) is 5.34. The number of rotatable bonds is 8. The zero-order chi connectivity index (χ0) is 16.7. The Labute approximate surface area is 137 Å². The van der Waals surface area contributed by atoms with E-state index in [9.17, 15) is 9.90 Å². The van der Waals surface area contributed by atoms with Crippen molar-refractivity contribution in [1.82, 2.24) is 0 Å². The monoisotopic (exact) mass is 313 g/mol. The van der Waals surface area contributed by atoms with Gasteiger partial charge in [-0.1, -0.05) is 44.2 Å².